The highest BCUT2D eigenvalue weighted by molar-refractivity contribution is 6.31. The maximum absolute atomic E-state index is 13.4. The van der Waals surface area contributed by atoms with Crippen LogP contribution in [-0.2, 0) is 4.74 Å². The zero-order valence-corrected chi connectivity index (χ0v) is 21.4. The largest absolute Gasteiger partial charge is 0.489 e. The molecule has 0 bridgehead atoms. The predicted octanol–water partition coefficient (Wildman–Crippen LogP) is 6.93. The van der Waals surface area contributed by atoms with Gasteiger partial charge in [-0.05, 0) is 61.6 Å². The van der Waals surface area contributed by atoms with Crippen molar-refractivity contribution in [2.24, 2.45) is 0 Å². The molecule has 2 fully saturated rings. The molecule has 2 aromatic carbocycles. The first kappa shape index (κ1) is 24.0. The molecule has 2 aromatic heterocycles. The van der Waals surface area contributed by atoms with Gasteiger partial charge in [-0.1, -0.05) is 48.0 Å². The molecule has 190 valence electrons. The van der Waals surface area contributed by atoms with E-state index < -0.39 is 5.72 Å². The van der Waals surface area contributed by atoms with Gasteiger partial charge < -0.3 is 14.5 Å². The molecule has 1 saturated heterocycles. The van der Waals surface area contributed by atoms with Crippen LogP contribution < -0.4 is 4.74 Å². The van der Waals surface area contributed by atoms with Crippen LogP contribution in [-0.4, -0.2) is 39.2 Å². The number of hydrogen-bond donors (Lipinski definition) is 1. The fraction of sp³-hybridized carbons (Fsp3) is 0.333. The van der Waals surface area contributed by atoms with Gasteiger partial charge in [0.25, 0.3) is 0 Å². The number of nitrogens with one attached hydrogen (secondary N) is 1. The predicted molar refractivity (Wildman–Crippen MR) is 144 cm³/mol. The summed E-state index contributed by atoms with van der Waals surface area (Å²) in [6.07, 6.45) is 8.61. The summed E-state index contributed by atoms with van der Waals surface area (Å²) in [5, 5.41) is 1.76. The van der Waals surface area contributed by atoms with E-state index in [4.69, 9.17) is 21.1 Å². The van der Waals surface area contributed by atoms with Gasteiger partial charge in [0, 0.05) is 42.0 Å². The first-order valence-corrected chi connectivity index (χ1v) is 13.4. The van der Waals surface area contributed by atoms with Gasteiger partial charge in [0.15, 0.2) is 5.72 Å². The number of rotatable bonds is 6. The summed E-state index contributed by atoms with van der Waals surface area (Å²) < 4.78 is 13.0. The summed E-state index contributed by atoms with van der Waals surface area (Å²) >= 11 is 6.66. The molecule has 3 unspecified atom stereocenters. The Hall–Kier alpha value is -3.35. The molecular weight excluding hydrogens is 486 g/mol. The number of hydrogen-bond acceptors (Lipinski definition) is 5. The van der Waals surface area contributed by atoms with E-state index in [2.05, 4.69) is 20.9 Å². The zero-order valence-electron chi connectivity index (χ0n) is 20.6. The van der Waals surface area contributed by atoms with Crippen molar-refractivity contribution in [2.75, 3.05) is 6.54 Å². The van der Waals surface area contributed by atoms with Gasteiger partial charge in [-0.25, -0.2) is 9.78 Å². The second-order valence-corrected chi connectivity index (χ2v) is 10.4. The number of carbonyl (C=O) groups excluding carboxylic acids is 1. The van der Waals surface area contributed by atoms with E-state index in [0.717, 1.165) is 66.0 Å². The highest BCUT2D eigenvalue weighted by Crippen LogP contribution is 2.47. The molecule has 1 N–H and O–H groups in total. The standard InChI is InChI=1S/C30H30ClN3O3/c31-26-12-5-4-11-25(26)27-13-7-17-34(27)30(37-29(35)21-8-2-1-3-9-21)15-6-10-23(19-30)36-24-18-22-14-16-32-28(22)33-20-24/h1-5,8-9,11-12,14,16,18,20,23,27H,6-7,10,13,15,17,19H2,(H,32,33). The van der Waals surface area contributed by atoms with Crippen molar-refractivity contribution in [3.05, 3.63) is 95.3 Å². The average Bonchev–Trinajstić information content (AvgIpc) is 3.60. The lowest BCUT2D eigenvalue weighted by molar-refractivity contribution is -0.162. The Morgan fingerprint density at radius 1 is 1.05 bits per heavy atom. The molecule has 0 radical (unpaired) electrons. The van der Waals surface area contributed by atoms with Crippen molar-refractivity contribution in [2.45, 2.75) is 56.4 Å². The molecular formula is C30H30ClN3O3. The van der Waals surface area contributed by atoms with Crippen LogP contribution in [0, 0.1) is 0 Å². The van der Waals surface area contributed by atoms with Crippen molar-refractivity contribution < 1.29 is 14.3 Å². The zero-order chi connectivity index (χ0) is 25.2. The third-order valence-electron chi connectivity index (χ3n) is 7.65. The van der Waals surface area contributed by atoms with Crippen LogP contribution in [0.15, 0.2) is 79.1 Å². The Kier molecular flexibility index (Phi) is 6.61. The summed E-state index contributed by atoms with van der Waals surface area (Å²) in [5.74, 6) is 0.424. The van der Waals surface area contributed by atoms with Crippen LogP contribution in [0.1, 0.15) is 60.5 Å². The minimum absolute atomic E-state index is 0.0777. The summed E-state index contributed by atoms with van der Waals surface area (Å²) in [6.45, 7) is 0.835. The van der Waals surface area contributed by atoms with Gasteiger partial charge in [0.1, 0.15) is 17.5 Å². The highest BCUT2D eigenvalue weighted by atomic mass is 35.5. The molecule has 37 heavy (non-hydrogen) atoms. The van der Waals surface area contributed by atoms with E-state index in [0.29, 0.717) is 12.0 Å². The Labute approximate surface area is 221 Å². The Morgan fingerprint density at radius 2 is 1.89 bits per heavy atom. The second kappa shape index (κ2) is 10.2. The summed E-state index contributed by atoms with van der Waals surface area (Å²) in [5.41, 5.74) is 1.69. The number of H-pyrrole nitrogens is 1. The topological polar surface area (TPSA) is 67.4 Å². The molecule has 4 aromatic rings. The number of ether oxygens (including phenoxy) is 2. The van der Waals surface area contributed by atoms with E-state index in [1.54, 1.807) is 18.3 Å². The van der Waals surface area contributed by atoms with E-state index in [1.165, 1.54) is 0 Å². The summed E-state index contributed by atoms with van der Waals surface area (Å²) in [7, 11) is 0. The minimum atomic E-state index is -0.790. The summed E-state index contributed by atoms with van der Waals surface area (Å²) in [4.78, 5) is 23.4. The lowest BCUT2D eigenvalue weighted by Gasteiger charge is -2.48. The Morgan fingerprint density at radius 3 is 2.76 bits per heavy atom. The third kappa shape index (κ3) is 4.83. The molecule has 1 aliphatic heterocycles. The molecule has 6 nitrogen and oxygen atoms in total. The fourth-order valence-corrected chi connectivity index (χ4v) is 6.25. The van der Waals surface area contributed by atoms with Crippen LogP contribution in [0.4, 0.5) is 0 Å². The fourth-order valence-electron chi connectivity index (χ4n) is 5.98. The molecule has 3 atom stereocenters. The Balaban J connectivity index is 1.32. The molecule has 2 aliphatic rings. The first-order valence-electron chi connectivity index (χ1n) is 13.0. The van der Waals surface area contributed by atoms with E-state index in [1.807, 2.05) is 54.7 Å². The van der Waals surface area contributed by atoms with Gasteiger partial charge in [-0.3, -0.25) is 4.90 Å². The van der Waals surface area contributed by atoms with Crippen molar-refractivity contribution in [1.29, 1.82) is 0 Å². The number of carbonyl (C=O) groups is 1. The third-order valence-corrected chi connectivity index (χ3v) is 7.99. The maximum atomic E-state index is 13.4. The van der Waals surface area contributed by atoms with Gasteiger partial charge in [0.2, 0.25) is 0 Å². The molecule has 1 saturated carbocycles. The number of halogens is 1. The summed E-state index contributed by atoms with van der Waals surface area (Å²) in [6, 6.07) is 21.3. The van der Waals surface area contributed by atoms with Crippen LogP contribution in [0.2, 0.25) is 5.02 Å². The second-order valence-electron chi connectivity index (χ2n) is 10.00. The van der Waals surface area contributed by atoms with Crippen LogP contribution in [0.5, 0.6) is 5.75 Å². The highest BCUT2D eigenvalue weighted by Gasteiger charge is 2.50. The van der Waals surface area contributed by atoms with Crippen LogP contribution in [0.25, 0.3) is 11.0 Å². The van der Waals surface area contributed by atoms with Gasteiger partial charge in [-0.15, -0.1) is 0 Å². The minimum Gasteiger partial charge on any atom is -0.489 e. The molecule has 0 spiro atoms. The molecule has 1 aliphatic carbocycles. The lowest BCUT2D eigenvalue weighted by Crippen LogP contribution is -2.56. The number of nitrogens with zero attached hydrogens (tertiary/aromatic N) is 2. The normalized spacial score (nSPS) is 24.2. The van der Waals surface area contributed by atoms with Gasteiger partial charge in [-0.2, -0.15) is 0 Å². The molecule has 6 rings (SSSR count). The quantitative estimate of drug-likeness (QED) is 0.282. The van der Waals surface area contributed by atoms with Crippen molar-refractivity contribution in [3.8, 4) is 5.75 Å². The van der Waals surface area contributed by atoms with Gasteiger partial charge >= 0.3 is 5.97 Å². The van der Waals surface area contributed by atoms with Crippen LogP contribution in [0.3, 0.4) is 0 Å². The number of esters is 1. The first-order chi connectivity index (χ1) is 18.1. The van der Waals surface area contributed by atoms with E-state index >= 15 is 0 Å². The smallest absolute Gasteiger partial charge is 0.339 e. The number of pyridine rings is 1. The Bertz CT molecular complexity index is 1390. The van der Waals surface area contributed by atoms with E-state index in [-0.39, 0.29) is 18.1 Å². The number of benzene rings is 2. The number of fused-ring (bicyclic) bond motifs is 1. The molecule has 7 heteroatoms. The van der Waals surface area contributed by atoms with Crippen molar-refractivity contribution >= 4 is 28.6 Å². The average molecular weight is 516 g/mol. The SMILES string of the molecule is O=C(OC1(N2CCCC2c2ccccc2Cl)CCCC(Oc2cnc3[nH]ccc3c2)C1)c1ccccc1. The van der Waals surface area contributed by atoms with E-state index in [9.17, 15) is 4.79 Å². The molecule has 3 heterocycles. The lowest BCUT2D eigenvalue weighted by atomic mass is 9.86. The number of likely N-dealkylation sites (tertiary alicyclic amines) is 1. The van der Waals surface area contributed by atoms with Crippen LogP contribution >= 0.6 is 11.6 Å². The number of aromatic amines is 1. The van der Waals surface area contributed by atoms with Crippen molar-refractivity contribution in [1.82, 2.24) is 14.9 Å². The van der Waals surface area contributed by atoms with Crippen molar-refractivity contribution in [3.63, 3.8) is 0 Å². The van der Waals surface area contributed by atoms with Gasteiger partial charge in [0.05, 0.1) is 11.8 Å². The number of aromatic nitrogens is 2. The maximum Gasteiger partial charge on any atom is 0.339 e. The monoisotopic (exact) mass is 515 g/mol. The molecule has 0 amide bonds.